The molecule has 2 aromatic carbocycles. The molecule has 156 valence electrons. The third-order valence-corrected chi connectivity index (χ3v) is 3.49. The van der Waals surface area contributed by atoms with Crippen molar-refractivity contribution < 1.29 is 61.2 Å². The van der Waals surface area contributed by atoms with Gasteiger partial charge >= 0.3 is 19.5 Å². The molecule has 0 aliphatic heterocycles. The van der Waals surface area contributed by atoms with Crippen LogP contribution in [0.2, 0.25) is 0 Å². The van der Waals surface area contributed by atoms with Gasteiger partial charge in [-0.2, -0.15) is 0 Å². The van der Waals surface area contributed by atoms with Crippen molar-refractivity contribution in [2.75, 3.05) is 0 Å². The minimum Gasteiger partial charge on any atom is -0.545 e. The van der Waals surface area contributed by atoms with Gasteiger partial charge in [0.05, 0.1) is 11.9 Å². The first-order valence-corrected chi connectivity index (χ1v) is 7.63. The molecular weight excluding hydrogens is 474 g/mol. The largest absolute Gasteiger partial charge is 2.00 e. The van der Waals surface area contributed by atoms with Gasteiger partial charge in [0, 0.05) is 9.79 Å². The van der Waals surface area contributed by atoms with Crippen molar-refractivity contribution in [1.29, 1.82) is 0 Å². The summed E-state index contributed by atoms with van der Waals surface area (Å²) in [7, 11) is 0. The summed E-state index contributed by atoms with van der Waals surface area (Å²) in [5.74, 6) is -2.40. The van der Waals surface area contributed by atoms with E-state index in [1.165, 1.54) is 12.2 Å². The van der Waals surface area contributed by atoms with E-state index in [2.05, 4.69) is 25.3 Å². The second kappa shape index (κ2) is 20.7. The zero-order chi connectivity index (χ0) is 17.9. The van der Waals surface area contributed by atoms with E-state index in [1.807, 2.05) is 24.3 Å². The average molecular weight is 498 g/mol. The van der Waals surface area contributed by atoms with Crippen molar-refractivity contribution in [2.24, 2.45) is 0 Å². The Balaban J connectivity index is -0.000000113. The van der Waals surface area contributed by atoms with E-state index in [4.69, 9.17) is 0 Å². The third-order valence-electron chi connectivity index (χ3n) is 2.67. The number of hydrogen-bond donors (Lipinski definition) is 2. The molecule has 0 fully saturated rings. The van der Waals surface area contributed by atoms with Crippen LogP contribution < -0.4 is 10.2 Å². The minimum atomic E-state index is -1.20. The predicted molar refractivity (Wildman–Crippen MR) is 112 cm³/mol. The van der Waals surface area contributed by atoms with E-state index in [0.717, 1.165) is 33.1 Å². The molecule has 0 heterocycles. The summed E-state index contributed by atoms with van der Waals surface area (Å²) in [6.45, 7) is 0. The van der Waals surface area contributed by atoms with Crippen LogP contribution >= 0.6 is 25.3 Å². The Morgan fingerprint density at radius 3 is 1.21 bits per heavy atom. The standard InChI is InChI=1S/2C9H8O2S.4H2O.Zn/c2*10-9(11)6-5-7-3-1-2-4-8(7)12;;;;;/h2*1-6,12H,(H,10,11);4*1H2;/q;;;;;;+2/b2*6-5+;;;;;. The summed E-state index contributed by atoms with van der Waals surface area (Å²) in [5.41, 5.74) is 1.54. The first-order valence-electron chi connectivity index (χ1n) is 6.74. The molecule has 29 heavy (non-hydrogen) atoms. The molecule has 11 heteroatoms. The third kappa shape index (κ3) is 16.7. The van der Waals surface area contributed by atoms with Crippen LogP contribution in [-0.4, -0.2) is 22.9 Å². The van der Waals surface area contributed by atoms with Crippen LogP contribution in [0.25, 0.3) is 12.2 Å². The van der Waals surface area contributed by atoms with Gasteiger partial charge in [0.1, 0.15) is 0 Å². The molecule has 0 saturated heterocycles. The summed E-state index contributed by atoms with van der Waals surface area (Å²) in [6, 6.07) is 14.4. The molecule has 2 rings (SSSR count). The van der Waals surface area contributed by atoms with Crippen molar-refractivity contribution in [3.63, 3.8) is 0 Å². The first-order chi connectivity index (χ1) is 11.4. The number of carbonyl (C=O) groups is 2. The van der Waals surface area contributed by atoms with E-state index >= 15 is 0 Å². The number of benzene rings is 2. The molecule has 10 N–H and O–H groups in total. The van der Waals surface area contributed by atoms with Crippen LogP contribution in [0.4, 0.5) is 0 Å². The van der Waals surface area contributed by atoms with Crippen LogP contribution in [0.1, 0.15) is 11.1 Å². The molecule has 0 spiro atoms. The summed E-state index contributed by atoms with van der Waals surface area (Å²) >= 11 is 8.27. The van der Waals surface area contributed by atoms with E-state index in [-0.39, 0.29) is 41.4 Å². The molecule has 0 radical (unpaired) electrons. The zero-order valence-corrected chi connectivity index (χ0v) is 20.1. The first kappa shape index (κ1) is 37.7. The fourth-order valence-corrected chi connectivity index (χ4v) is 2.04. The van der Waals surface area contributed by atoms with Crippen LogP contribution in [0, 0.1) is 0 Å². The maximum Gasteiger partial charge on any atom is 2.00 e. The molecule has 0 unspecified atom stereocenters. The Morgan fingerprint density at radius 1 is 0.690 bits per heavy atom. The fraction of sp³-hybridized carbons (Fsp3) is 0. The van der Waals surface area contributed by atoms with E-state index < -0.39 is 11.9 Å². The maximum atomic E-state index is 10.1. The molecule has 0 amide bonds. The topological polar surface area (TPSA) is 209 Å². The van der Waals surface area contributed by atoms with Crippen molar-refractivity contribution in [1.82, 2.24) is 0 Å². The zero-order valence-electron chi connectivity index (χ0n) is 15.3. The van der Waals surface area contributed by atoms with Gasteiger partial charge in [-0.05, 0) is 35.4 Å². The average Bonchev–Trinajstić information content (AvgIpc) is 2.54. The van der Waals surface area contributed by atoms with Gasteiger partial charge in [0.25, 0.3) is 0 Å². The minimum absolute atomic E-state index is 0. The van der Waals surface area contributed by atoms with Gasteiger partial charge in [-0.3, -0.25) is 0 Å². The number of carbonyl (C=O) groups excluding carboxylic acids is 2. The number of aliphatic carboxylic acids is 2. The Bertz CT molecular complexity index is 716. The van der Waals surface area contributed by atoms with Crippen LogP contribution in [0.15, 0.2) is 70.5 Å². The van der Waals surface area contributed by atoms with Crippen LogP contribution in [0.5, 0.6) is 0 Å². The molecule has 0 bridgehead atoms. The van der Waals surface area contributed by atoms with Gasteiger partial charge in [0.15, 0.2) is 0 Å². The van der Waals surface area contributed by atoms with E-state index in [0.29, 0.717) is 0 Å². The SMILES string of the molecule is O.O.O=C([O-])/C=C/c1ccccc1S.O=C([O-])/C=C/c1ccccc1S.[OH3+].[OH3+].[Zn+2]. The quantitative estimate of drug-likeness (QED) is 0.212. The second-order valence-corrected chi connectivity index (χ2v) is 5.39. The van der Waals surface area contributed by atoms with E-state index in [9.17, 15) is 19.8 Å². The molecule has 0 aliphatic carbocycles. The second-order valence-electron chi connectivity index (χ2n) is 4.42. The number of carboxylic acid groups (broad SMARTS) is 2. The Labute approximate surface area is 191 Å². The van der Waals surface area contributed by atoms with Gasteiger partial charge in [-0.15, -0.1) is 25.3 Å². The molecule has 8 nitrogen and oxygen atoms in total. The summed E-state index contributed by atoms with van der Waals surface area (Å²) in [5, 5.41) is 20.1. The summed E-state index contributed by atoms with van der Waals surface area (Å²) in [6.07, 6.45) is 4.87. The van der Waals surface area contributed by atoms with Gasteiger partial charge in [-0.25, -0.2) is 0 Å². The predicted octanol–water partition coefficient (Wildman–Crippen LogP) is -2.02. The summed E-state index contributed by atoms with van der Waals surface area (Å²) < 4.78 is 0. The molecule has 0 aliphatic rings. The van der Waals surface area contributed by atoms with Crippen molar-refractivity contribution >= 4 is 49.3 Å². The Hall–Kier alpha value is -1.98. The Morgan fingerprint density at radius 2 is 0.966 bits per heavy atom. The number of carboxylic acids is 2. The van der Waals surface area contributed by atoms with Gasteiger partial charge in [0.2, 0.25) is 0 Å². The molecular formula is C18H24O8S2Zn+2. The number of rotatable bonds is 4. The maximum absolute atomic E-state index is 10.1. The molecule has 2 aromatic rings. The van der Waals surface area contributed by atoms with Gasteiger partial charge < -0.3 is 41.7 Å². The van der Waals surface area contributed by atoms with Gasteiger partial charge in [-0.1, -0.05) is 48.6 Å². The number of hydrogen-bond acceptors (Lipinski definition) is 6. The van der Waals surface area contributed by atoms with Crippen molar-refractivity contribution in [2.45, 2.75) is 9.79 Å². The Kier molecular flexibility index (Phi) is 27.0. The van der Waals surface area contributed by atoms with Crippen molar-refractivity contribution in [3.05, 3.63) is 71.8 Å². The van der Waals surface area contributed by atoms with Crippen LogP contribution in [-0.2, 0) is 40.0 Å². The molecule has 0 saturated carbocycles. The van der Waals surface area contributed by atoms with Crippen molar-refractivity contribution in [3.8, 4) is 0 Å². The monoisotopic (exact) mass is 496 g/mol. The normalized spacial score (nSPS) is 8.62. The summed E-state index contributed by atoms with van der Waals surface area (Å²) in [4.78, 5) is 21.6. The smallest absolute Gasteiger partial charge is 0.545 e. The molecule has 0 atom stereocenters. The van der Waals surface area contributed by atoms with Crippen LogP contribution in [0.3, 0.4) is 0 Å². The molecule has 0 aromatic heterocycles. The fourth-order valence-electron chi connectivity index (χ4n) is 1.57. The van der Waals surface area contributed by atoms with E-state index in [1.54, 1.807) is 24.3 Å². The number of thiol groups is 2.